The number of nitrogens with one attached hydrogen (secondary N) is 1. The molecule has 1 saturated heterocycles. The number of carbonyl (C=O) groups excluding carboxylic acids is 1. The number of carbonyl (C=O) groups is 1. The molecule has 1 aromatic heterocycles. The highest BCUT2D eigenvalue weighted by molar-refractivity contribution is 7.22. The number of nitrogens with zero attached hydrogens (tertiary/aromatic N) is 3. The first-order valence-corrected chi connectivity index (χ1v) is 12.1. The zero-order valence-electron chi connectivity index (χ0n) is 19.4. The van der Waals surface area contributed by atoms with Crippen molar-refractivity contribution in [2.45, 2.75) is 33.8 Å². The molecule has 0 saturated carbocycles. The summed E-state index contributed by atoms with van der Waals surface area (Å²) in [6, 6.07) is 11.7. The van der Waals surface area contributed by atoms with E-state index in [1.54, 1.807) is 11.3 Å². The van der Waals surface area contributed by atoms with Gasteiger partial charge in [0.05, 0.1) is 16.3 Å². The summed E-state index contributed by atoms with van der Waals surface area (Å²) in [5, 5.41) is 4.15. The van der Waals surface area contributed by atoms with Crippen molar-refractivity contribution in [2.75, 3.05) is 44.2 Å². The summed E-state index contributed by atoms with van der Waals surface area (Å²) >= 11 is 1.78. The van der Waals surface area contributed by atoms with E-state index in [1.165, 1.54) is 15.8 Å². The Morgan fingerprint density at radius 2 is 1.81 bits per heavy atom. The molecule has 6 nitrogen and oxygen atoms in total. The van der Waals surface area contributed by atoms with Crippen molar-refractivity contribution in [3.05, 3.63) is 53.1 Å². The van der Waals surface area contributed by atoms with Gasteiger partial charge in [0.15, 0.2) is 5.13 Å². The first kappa shape index (κ1) is 22.6. The summed E-state index contributed by atoms with van der Waals surface area (Å²) in [7, 11) is 0. The predicted octanol–water partition coefficient (Wildman–Crippen LogP) is 4.25. The first-order valence-electron chi connectivity index (χ1n) is 11.3. The number of aromatic nitrogens is 1. The number of anilines is 1. The molecule has 170 valence electrons. The van der Waals surface area contributed by atoms with Crippen LogP contribution >= 0.6 is 11.3 Å². The third-order valence-electron chi connectivity index (χ3n) is 5.92. The highest BCUT2D eigenvalue weighted by Gasteiger charge is 2.20. The van der Waals surface area contributed by atoms with Gasteiger partial charge in [-0.1, -0.05) is 17.4 Å². The highest BCUT2D eigenvalue weighted by atomic mass is 32.1. The Hall–Kier alpha value is -2.64. The minimum absolute atomic E-state index is 0.0418. The van der Waals surface area contributed by atoms with Crippen LogP contribution in [-0.4, -0.2) is 61.2 Å². The predicted molar refractivity (Wildman–Crippen MR) is 132 cm³/mol. The topological polar surface area (TPSA) is 57.7 Å². The van der Waals surface area contributed by atoms with Gasteiger partial charge in [-0.2, -0.15) is 0 Å². The van der Waals surface area contributed by atoms with Crippen LogP contribution in [0.1, 0.15) is 35.3 Å². The van der Waals surface area contributed by atoms with Crippen molar-refractivity contribution >= 4 is 32.6 Å². The average molecular weight is 453 g/mol. The molecule has 4 rings (SSSR count). The zero-order valence-corrected chi connectivity index (χ0v) is 20.2. The molecular weight excluding hydrogens is 420 g/mol. The molecular formula is C25H32N4O2S. The quantitative estimate of drug-likeness (QED) is 0.581. The number of thiazole rings is 1. The Morgan fingerprint density at radius 1 is 1.09 bits per heavy atom. The monoisotopic (exact) mass is 452 g/mol. The van der Waals surface area contributed by atoms with Crippen molar-refractivity contribution in [1.82, 2.24) is 15.2 Å². The minimum atomic E-state index is -0.0418. The molecule has 0 aliphatic carbocycles. The van der Waals surface area contributed by atoms with Crippen LogP contribution < -0.4 is 15.0 Å². The van der Waals surface area contributed by atoms with Gasteiger partial charge in [-0.05, 0) is 69.2 Å². The molecule has 1 amide bonds. The maximum atomic E-state index is 12.4. The van der Waals surface area contributed by atoms with Crippen molar-refractivity contribution < 1.29 is 9.53 Å². The smallest absolute Gasteiger partial charge is 0.251 e. The minimum Gasteiger partial charge on any atom is -0.491 e. The molecule has 1 aliphatic heterocycles. The molecule has 2 heterocycles. The number of hydrogen-bond acceptors (Lipinski definition) is 6. The number of rotatable bonds is 7. The van der Waals surface area contributed by atoms with E-state index in [0.29, 0.717) is 12.1 Å². The van der Waals surface area contributed by atoms with Crippen LogP contribution in [0.25, 0.3) is 10.2 Å². The number of ether oxygens (including phenoxy) is 1. The molecule has 0 bridgehead atoms. The molecule has 0 atom stereocenters. The van der Waals surface area contributed by atoms with Crippen molar-refractivity contribution in [3.8, 4) is 5.75 Å². The van der Waals surface area contributed by atoms with Crippen LogP contribution in [0.15, 0.2) is 36.4 Å². The second kappa shape index (κ2) is 9.88. The van der Waals surface area contributed by atoms with Gasteiger partial charge in [0.1, 0.15) is 5.75 Å². The lowest BCUT2D eigenvalue weighted by Crippen LogP contribution is -2.48. The van der Waals surface area contributed by atoms with Gasteiger partial charge in [0.25, 0.3) is 5.91 Å². The number of benzene rings is 2. The van der Waals surface area contributed by atoms with Crippen LogP contribution in [-0.2, 0) is 0 Å². The summed E-state index contributed by atoms with van der Waals surface area (Å²) < 4.78 is 6.89. The van der Waals surface area contributed by atoms with Crippen LogP contribution in [0.5, 0.6) is 5.75 Å². The van der Waals surface area contributed by atoms with E-state index in [2.05, 4.69) is 41.1 Å². The number of hydrogen-bond donors (Lipinski definition) is 1. The van der Waals surface area contributed by atoms with E-state index in [1.807, 2.05) is 38.1 Å². The first-order chi connectivity index (χ1) is 15.4. The van der Waals surface area contributed by atoms with E-state index in [4.69, 9.17) is 9.72 Å². The van der Waals surface area contributed by atoms with Gasteiger partial charge in [-0.15, -0.1) is 0 Å². The fraction of sp³-hybridized carbons (Fsp3) is 0.440. The summed E-state index contributed by atoms with van der Waals surface area (Å²) in [6.45, 7) is 13.6. The Bertz CT molecular complexity index is 1070. The van der Waals surface area contributed by atoms with Crippen LogP contribution in [0.2, 0.25) is 0 Å². The largest absolute Gasteiger partial charge is 0.491 e. The van der Waals surface area contributed by atoms with E-state index >= 15 is 0 Å². The molecule has 32 heavy (non-hydrogen) atoms. The maximum absolute atomic E-state index is 12.4. The van der Waals surface area contributed by atoms with Gasteiger partial charge in [0.2, 0.25) is 0 Å². The summed E-state index contributed by atoms with van der Waals surface area (Å²) in [6.07, 6.45) is 0.123. The average Bonchev–Trinajstić information content (AvgIpc) is 3.22. The maximum Gasteiger partial charge on any atom is 0.251 e. The fourth-order valence-corrected chi connectivity index (χ4v) is 4.98. The molecule has 2 aromatic carbocycles. The highest BCUT2D eigenvalue weighted by Crippen LogP contribution is 2.32. The fourth-order valence-electron chi connectivity index (χ4n) is 3.90. The molecule has 0 unspecified atom stereocenters. The van der Waals surface area contributed by atoms with E-state index < -0.39 is 0 Å². The Labute approximate surface area is 194 Å². The molecule has 1 aliphatic rings. The van der Waals surface area contributed by atoms with Gasteiger partial charge in [0, 0.05) is 44.8 Å². The van der Waals surface area contributed by atoms with Crippen molar-refractivity contribution in [1.29, 1.82) is 0 Å². The standard InChI is InChI=1S/C25H32N4O2S/c1-17(2)31-21-8-6-20(7-9-21)24(30)26-11-12-28-13-15-29(16-14-28)25-27-23-19(4)18(3)5-10-22(23)32-25/h5-10,17H,11-16H2,1-4H3,(H,26,30). The molecule has 3 aromatic rings. The molecule has 1 N–H and O–H groups in total. The van der Waals surface area contributed by atoms with Gasteiger partial charge in [-0.3, -0.25) is 9.69 Å². The number of piperazine rings is 1. The molecule has 0 spiro atoms. The van der Waals surface area contributed by atoms with E-state index in [0.717, 1.165) is 49.1 Å². The summed E-state index contributed by atoms with van der Waals surface area (Å²) in [4.78, 5) is 22.1. The Kier molecular flexibility index (Phi) is 6.96. The van der Waals surface area contributed by atoms with Crippen LogP contribution in [0, 0.1) is 13.8 Å². The lowest BCUT2D eigenvalue weighted by Gasteiger charge is -2.34. The normalized spacial score (nSPS) is 14.8. The summed E-state index contributed by atoms with van der Waals surface area (Å²) in [5.74, 6) is 0.743. The van der Waals surface area contributed by atoms with E-state index in [-0.39, 0.29) is 12.0 Å². The Balaban J connectivity index is 1.23. The Morgan fingerprint density at radius 3 is 2.50 bits per heavy atom. The lowest BCUT2D eigenvalue weighted by atomic mass is 10.1. The van der Waals surface area contributed by atoms with Gasteiger partial charge in [-0.25, -0.2) is 4.98 Å². The molecule has 7 heteroatoms. The number of fused-ring (bicyclic) bond motifs is 1. The number of aryl methyl sites for hydroxylation is 2. The SMILES string of the molecule is Cc1ccc2sc(N3CCN(CCNC(=O)c4ccc(OC(C)C)cc4)CC3)nc2c1C. The zero-order chi connectivity index (χ0) is 22.7. The van der Waals surface area contributed by atoms with Crippen molar-refractivity contribution in [3.63, 3.8) is 0 Å². The van der Waals surface area contributed by atoms with Crippen molar-refractivity contribution in [2.24, 2.45) is 0 Å². The van der Waals surface area contributed by atoms with Gasteiger partial charge >= 0.3 is 0 Å². The van der Waals surface area contributed by atoms with Crippen LogP contribution in [0.3, 0.4) is 0 Å². The van der Waals surface area contributed by atoms with Gasteiger partial charge < -0.3 is 15.0 Å². The second-order valence-corrected chi connectivity index (χ2v) is 9.64. The third kappa shape index (κ3) is 5.22. The third-order valence-corrected chi connectivity index (χ3v) is 7.00. The summed E-state index contributed by atoms with van der Waals surface area (Å²) in [5.41, 5.74) is 4.37. The van der Waals surface area contributed by atoms with E-state index in [9.17, 15) is 4.79 Å². The lowest BCUT2D eigenvalue weighted by molar-refractivity contribution is 0.0947. The molecule has 1 fully saturated rings. The number of amides is 1. The molecule has 0 radical (unpaired) electrons. The second-order valence-electron chi connectivity index (χ2n) is 8.63. The van der Waals surface area contributed by atoms with Crippen LogP contribution in [0.4, 0.5) is 5.13 Å².